The average Bonchev–Trinajstić information content (AvgIpc) is 3.17. The molecular formula is C19H17NO4S. The van der Waals surface area contributed by atoms with Crippen LogP contribution in [-0.2, 0) is 14.3 Å². The number of nitrogens with zero attached hydrogens (tertiary/aromatic N) is 1. The van der Waals surface area contributed by atoms with Gasteiger partial charge in [0.15, 0.2) is 11.6 Å². The maximum atomic E-state index is 12.5. The Morgan fingerprint density at radius 2 is 1.76 bits per heavy atom. The minimum absolute atomic E-state index is 0.180. The summed E-state index contributed by atoms with van der Waals surface area (Å²) in [6.07, 6.45) is 3.53. The Morgan fingerprint density at radius 3 is 2.40 bits per heavy atom. The molecule has 0 aromatic carbocycles. The van der Waals surface area contributed by atoms with Crippen molar-refractivity contribution >= 4 is 40.1 Å². The number of ether oxygens (including phenoxy) is 1. The molecule has 2 heterocycles. The highest BCUT2D eigenvalue weighted by Gasteiger charge is 2.27. The van der Waals surface area contributed by atoms with Crippen LogP contribution >= 0.6 is 11.3 Å². The summed E-state index contributed by atoms with van der Waals surface area (Å²) in [5.41, 5.74) is 0.949. The van der Waals surface area contributed by atoms with Gasteiger partial charge in [0.05, 0.1) is 11.3 Å². The number of hydrogen-bond acceptors (Lipinski definition) is 5. The van der Waals surface area contributed by atoms with Crippen LogP contribution < -0.4 is 0 Å². The molecule has 3 rings (SSSR count). The summed E-state index contributed by atoms with van der Waals surface area (Å²) < 4.78 is 6.58. The Hall–Kier alpha value is -2.73. The molecule has 6 heteroatoms. The second kappa shape index (κ2) is 6.29. The summed E-state index contributed by atoms with van der Waals surface area (Å²) in [5.74, 6) is -0.575. The first kappa shape index (κ1) is 17.1. The summed E-state index contributed by atoms with van der Waals surface area (Å²) in [7, 11) is 0. The smallest absolute Gasteiger partial charge is 0.418 e. The third-order valence-electron chi connectivity index (χ3n) is 3.53. The van der Waals surface area contributed by atoms with E-state index in [1.165, 1.54) is 34.3 Å². The summed E-state index contributed by atoms with van der Waals surface area (Å²) >= 11 is 1.46. The number of thiophene rings is 1. The van der Waals surface area contributed by atoms with Gasteiger partial charge in [0.1, 0.15) is 5.60 Å². The van der Waals surface area contributed by atoms with Crippen molar-refractivity contribution in [1.29, 1.82) is 0 Å². The fraction of sp³-hybridized carbons (Fsp3) is 0.211. The molecule has 2 aromatic rings. The molecule has 128 valence electrons. The van der Waals surface area contributed by atoms with E-state index in [-0.39, 0.29) is 17.1 Å². The molecule has 25 heavy (non-hydrogen) atoms. The zero-order chi connectivity index (χ0) is 18.2. The molecule has 0 aliphatic heterocycles. The van der Waals surface area contributed by atoms with Crippen molar-refractivity contribution in [3.63, 3.8) is 0 Å². The molecule has 0 unspecified atom stereocenters. The second-order valence-electron chi connectivity index (χ2n) is 6.60. The largest absolute Gasteiger partial charge is 0.443 e. The Kier molecular flexibility index (Phi) is 4.30. The van der Waals surface area contributed by atoms with E-state index >= 15 is 0 Å². The number of carbonyl (C=O) groups is 3. The van der Waals surface area contributed by atoms with E-state index in [0.29, 0.717) is 11.3 Å². The van der Waals surface area contributed by atoms with Crippen molar-refractivity contribution in [2.45, 2.75) is 26.4 Å². The number of aromatic nitrogens is 1. The van der Waals surface area contributed by atoms with Gasteiger partial charge in [-0.1, -0.05) is 0 Å². The summed E-state index contributed by atoms with van der Waals surface area (Å²) in [5, 5.41) is 3.67. The molecule has 0 saturated carbocycles. The topological polar surface area (TPSA) is 65.4 Å². The molecule has 0 fully saturated rings. The van der Waals surface area contributed by atoms with E-state index in [2.05, 4.69) is 0 Å². The lowest BCUT2D eigenvalue weighted by Crippen LogP contribution is -2.28. The highest BCUT2D eigenvalue weighted by molar-refractivity contribution is 7.08. The lowest BCUT2D eigenvalue weighted by Gasteiger charge is -2.21. The van der Waals surface area contributed by atoms with Crippen LogP contribution in [0.5, 0.6) is 0 Å². The van der Waals surface area contributed by atoms with E-state index in [1.54, 1.807) is 39.0 Å². The first-order valence-corrected chi connectivity index (χ1v) is 8.66. The third-order valence-corrected chi connectivity index (χ3v) is 4.21. The standard InChI is InChI=1S/C19H17NO4S/c1-19(2,3)24-18(23)20-7-4-5-15(20)14-10-16(21)13(9-17(14)22)12-6-8-25-11-12/h4-11H,1-3H3. The minimum atomic E-state index is -0.661. The van der Waals surface area contributed by atoms with Gasteiger partial charge in [0.2, 0.25) is 0 Å². The first-order chi connectivity index (χ1) is 11.8. The summed E-state index contributed by atoms with van der Waals surface area (Å²) in [6, 6.07) is 5.05. The van der Waals surface area contributed by atoms with Crippen LogP contribution in [-0.4, -0.2) is 27.8 Å². The molecule has 1 aliphatic rings. The number of hydrogen-bond donors (Lipinski definition) is 0. The Morgan fingerprint density at radius 1 is 1.08 bits per heavy atom. The van der Waals surface area contributed by atoms with Crippen LogP contribution in [0.1, 0.15) is 32.0 Å². The summed E-state index contributed by atoms with van der Waals surface area (Å²) in [4.78, 5) is 37.3. The van der Waals surface area contributed by atoms with Gasteiger partial charge in [0.25, 0.3) is 0 Å². The van der Waals surface area contributed by atoms with Gasteiger partial charge in [-0.25, -0.2) is 4.79 Å². The first-order valence-electron chi connectivity index (χ1n) is 7.72. The van der Waals surface area contributed by atoms with Gasteiger partial charge in [-0.2, -0.15) is 11.3 Å². The molecule has 0 radical (unpaired) electrons. The Balaban J connectivity index is 1.93. The monoisotopic (exact) mass is 355 g/mol. The van der Waals surface area contributed by atoms with Crippen LogP contribution in [0.25, 0.3) is 11.1 Å². The maximum Gasteiger partial charge on any atom is 0.418 e. The lowest BCUT2D eigenvalue weighted by molar-refractivity contribution is -0.112. The molecule has 1 aliphatic carbocycles. The van der Waals surface area contributed by atoms with E-state index in [1.807, 2.05) is 10.8 Å². The van der Waals surface area contributed by atoms with Crippen LogP contribution in [0.4, 0.5) is 4.79 Å². The zero-order valence-corrected chi connectivity index (χ0v) is 14.9. The molecule has 0 bridgehead atoms. The fourth-order valence-corrected chi connectivity index (χ4v) is 3.13. The van der Waals surface area contributed by atoms with Crippen molar-refractivity contribution in [3.8, 4) is 0 Å². The number of rotatable bonds is 2. The van der Waals surface area contributed by atoms with Crippen molar-refractivity contribution in [3.05, 3.63) is 58.6 Å². The molecule has 0 atom stereocenters. The third kappa shape index (κ3) is 3.53. The second-order valence-corrected chi connectivity index (χ2v) is 7.38. The van der Waals surface area contributed by atoms with Crippen LogP contribution in [0.2, 0.25) is 0 Å². The normalized spacial score (nSPS) is 15.0. The SMILES string of the molecule is CC(C)(C)OC(=O)n1cccc1C1=CC(=O)C(c2ccsc2)=CC1=O. The predicted octanol–water partition coefficient (Wildman–Crippen LogP) is 3.95. The molecule has 2 aromatic heterocycles. The van der Waals surface area contributed by atoms with Crippen molar-refractivity contribution in [2.24, 2.45) is 0 Å². The number of carbonyl (C=O) groups excluding carboxylic acids is 3. The molecule has 0 saturated heterocycles. The Labute approximate surface area is 149 Å². The van der Waals surface area contributed by atoms with Crippen LogP contribution in [0.3, 0.4) is 0 Å². The van der Waals surface area contributed by atoms with E-state index in [9.17, 15) is 14.4 Å². The average molecular weight is 355 g/mol. The molecule has 0 N–H and O–H groups in total. The highest BCUT2D eigenvalue weighted by Crippen LogP contribution is 2.28. The van der Waals surface area contributed by atoms with Crippen molar-refractivity contribution in [1.82, 2.24) is 4.57 Å². The quantitative estimate of drug-likeness (QED) is 0.765. The predicted molar refractivity (Wildman–Crippen MR) is 96.4 cm³/mol. The fourth-order valence-electron chi connectivity index (χ4n) is 2.47. The molecular weight excluding hydrogens is 338 g/mol. The van der Waals surface area contributed by atoms with Gasteiger partial charge in [-0.3, -0.25) is 14.2 Å². The van der Waals surface area contributed by atoms with Crippen molar-refractivity contribution < 1.29 is 19.1 Å². The molecule has 0 amide bonds. The van der Waals surface area contributed by atoms with Gasteiger partial charge >= 0.3 is 6.09 Å². The van der Waals surface area contributed by atoms with Crippen LogP contribution in [0.15, 0.2) is 47.3 Å². The van der Waals surface area contributed by atoms with Crippen molar-refractivity contribution in [2.75, 3.05) is 0 Å². The minimum Gasteiger partial charge on any atom is -0.443 e. The molecule has 5 nitrogen and oxygen atoms in total. The van der Waals surface area contributed by atoms with Gasteiger partial charge < -0.3 is 4.74 Å². The highest BCUT2D eigenvalue weighted by atomic mass is 32.1. The zero-order valence-electron chi connectivity index (χ0n) is 14.1. The van der Waals surface area contributed by atoms with Gasteiger partial charge in [0, 0.05) is 11.8 Å². The van der Waals surface area contributed by atoms with Crippen LogP contribution in [0, 0.1) is 0 Å². The van der Waals surface area contributed by atoms with Gasteiger partial charge in [-0.05, 0) is 67.4 Å². The van der Waals surface area contributed by atoms with E-state index in [0.717, 1.165) is 5.56 Å². The molecule has 0 spiro atoms. The lowest BCUT2D eigenvalue weighted by atomic mass is 9.92. The summed E-state index contributed by atoms with van der Waals surface area (Å²) in [6.45, 7) is 5.29. The van der Waals surface area contributed by atoms with Gasteiger partial charge in [-0.15, -0.1) is 0 Å². The number of ketones is 2. The maximum absolute atomic E-state index is 12.5. The van der Waals surface area contributed by atoms with E-state index in [4.69, 9.17) is 4.74 Å². The van der Waals surface area contributed by atoms with E-state index < -0.39 is 11.7 Å². The number of allylic oxidation sites excluding steroid dienone is 4. The Bertz CT molecular complexity index is 908.